The quantitative estimate of drug-likeness (QED) is 0.487. The number of thiazole rings is 1. The predicted octanol–water partition coefficient (Wildman–Crippen LogP) is 4.15. The molecule has 0 aromatic carbocycles. The van der Waals surface area contributed by atoms with Gasteiger partial charge in [-0.15, -0.1) is 11.3 Å². The van der Waals surface area contributed by atoms with Crippen molar-refractivity contribution in [2.45, 2.75) is 45.6 Å². The van der Waals surface area contributed by atoms with E-state index >= 15 is 0 Å². The second-order valence-corrected chi connectivity index (χ2v) is 10.2. The maximum atomic E-state index is 11.6. The number of aryl methyl sites for hydroxylation is 1. The number of hydrogen-bond acceptors (Lipinski definition) is 9. The average Bonchev–Trinajstić information content (AvgIpc) is 3.24. The average molecular weight is 470 g/mol. The highest BCUT2D eigenvalue weighted by atomic mass is 32.1. The molecule has 0 aliphatic heterocycles. The largest absolute Gasteiger partial charge is 0.481 e. The van der Waals surface area contributed by atoms with Crippen molar-refractivity contribution in [3.8, 4) is 16.5 Å². The summed E-state index contributed by atoms with van der Waals surface area (Å²) in [7, 11) is 1.54. The Morgan fingerprint density at radius 1 is 1.21 bits per heavy atom. The number of aliphatic carboxylic acids is 1. The van der Waals surface area contributed by atoms with E-state index in [1.807, 2.05) is 32.9 Å². The summed E-state index contributed by atoms with van der Waals surface area (Å²) in [5, 5.41) is 24.7. The number of methoxy groups -OCH3 is 1. The van der Waals surface area contributed by atoms with Crippen LogP contribution in [0.4, 0.5) is 11.6 Å². The van der Waals surface area contributed by atoms with E-state index in [4.69, 9.17) is 9.72 Å². The van der Waals surface area contributed by atoms with Crippen LogP contribution in [0.5, 0.6) is 5.88 Å². The maximum Gasteiger partial charge on any atom is 0.307 e. The summed E-state index contributed by atoms with van der Waals surface area (Å²) in [6.45, 7) is 5.77. The number of aromatic nitrogens is 4. The second kappa shape index (κ2) is 8.68. The van der Waals surface area contributed by atoms with Crippen LogP contribution in [-0.4, -0.2) is 43.2 Å². The molecular weight excluding hydrogens is 442 g/mol. The van der Waals surface area contributed by atoms with Crippen LogP contribution in [0.15, 0.2) is 30.7 Å². The van der Waals surface area contributed by atoms with Crippen molar-refractivity contribution in [3.05, 3.63) is 41.3 Å². The minimum absolute atomic E-state index is 0.341. The Hall–Kier alpha value is -3.11. The molecule has 0 bridgehead atoms. The van der Waals surface area contributed by atoms with Crippen molar-refractivity contribution in [3.63, 3.8) is 0 Å². The van der Waals surface area contributed by atoms with E-state index in [0.29, 0.717) is 41.8 Å². The van der Waals surface area contributed by atoms with Crippen LogP contribution < -0.4 is 10.1 Å². The molecule has 1 fully saturated rings. The van der Waals surface area contributed by atoms with Crippen molar-refractivity contribution in [2.24, 2.45) is 11.3 Å². The molecule has 3 aromatic heterocycles. The van der Waals surface area contributed by atoms with Crippen LogP contribution in [0.1, 0.15) is 43.7 Å². The number of hydrogen-bond donors (Lipinski definition) is 3. The smallest absolute Gasteiger partial charge is 0.307 e. The molecule has 174 valence electrons. The third kappa shape index (κ3) is 4.81. The lowest BCUT2D eigenvalue weighted by Crippen LogP contribution is -2.44. The van der Waals surface area contributed by atoms with Crippen molar-refractivity contribution in [1.29, 1.82) is 0 Å². The summed E-state index contributed by atoms with van der Waals surface area (Å²) < 4.78 is 5.14. The number of nitrogens with zero attached hydrogens (tertiary/aromatic N) is 4. The van der Waals surface area contributed by atoms with Crippen molar-refractivity contribution >= 4 is 28.9 Å². The number of rotatable bonds is 6. The second-order valence-electron chi connectivity index (χ2n) is 9.14. The Labute approximate surface area is 195 Å². The van der Waals surface area contributed by atoms with E-state index in [1.54, 1.807) is 19.4 Å². The van der Waals surface area contributed by atoms with Crippen LogP contribution in [0.2, 0.25) is 0 Å². The zero-order chi connectivity index (χ0) is 23.8. The molecule has 0 amide bonds. The number of anilines is 2. The van der Waals surface area contributed by atoms with Gasteiger partial charge in [-0.1, -0.05) is 13.8 Å². The first-order chi connectivity index (χ1) is 15.6. The molecule has 2 atom stereocenters. The molecule has 10 heteroatoms. The lowest BCUT2D eigenvalue weighted by Gasteiger charge is -2.44. The number of carboxylic acids is 1. The Morgan fingerprint density at radius 2 is 2.00 bits per heavy atom. The summed E-state index contributed by atoms with van der Waals surface area (Å²) >= 11 is 1.39. The third-order valence-electron chi connectivity index (χ3n) is 6.07. The van der Waals surface area contributed by atoms with Gasteiger partial charge in [-0.05, 0) is 49.3 Å². The predicted molar refractivity (Wildman–Crippen MR) is 125 cm³/mol. The fraction of sp³-hybridized carbons (Fsp3) is 0.435. The molecule has 3 heterocycles. The molecule has 1 saturated carbocycles. The molecule has 33 heavy (non-hydrogen) atoms. The summed E-state index contributed by atoms with van der Waals surface area (Å²) in [6, 6.07) is 5.54. The minimum atomic E-state index is -1.15. The molecule has 0 saturated heterocycles. The van der Waals surface area contributed by atoms with Gasteiger partial charge in [0.2, 0.25) is 5.88 Å². The standard InChI is InChI=1S/C23H27N5O4S/c1-13-7-15(27-18(8-13)28-17-9-19(32-4)26-12-25-17)16-10-24-21(33-16)23(31)6-5-14(20(29)30)22(2,3)11-23/h7-10,12,14,31H,5-6,11H2,1-4H3,(H,29,30)(H,25,26,27,28)/t14-,23-/m1/s1. The van der Waals surface area contributed by atoms with Crippen molar-refractivity contribution < 1.29 is 19.7 Å². The van der Waals surface area contributed by atoms with Gasteiger partial charge in [-0.2, -0.15) is 0 Å². The van der Waals surface area contributed by atoms with Gasteiger partial charge in [-0.3, -0.25) is 4.79 Å². The molecule has 1 aliphatic carbocycles. The Morgan fingerprint density at radius 3 is 2.70 bits per heavy atom. The van der Waals surface area contributed by atoms with Gasteiger partial charge in [0.05, 0.1) is 23.6 Å². The van der Waals surface area contributed by atoms with Crippen LogP contribution in [-0.2, 0) is 10.4 Å². The highest BCUT2D eigenvalue weighted by molar-refractivity contribution is 7.15. The van der Waals surface area contributed by atoms with Crippen molar-refractivity contribution in [1.82, 2.24) is 19.9 Å². The third-order valence-corrected chi connectivity index (χ3v) is 7.28. The van der Waals surface area contributed by atoms with Gasteiger partial charge < -0.3 is 20.3 Å². The van der Waals surface area contributed by atoms with Gasteiger partial charge in [0, 0.05) is 12.3 Å². The van der Waals surface area contributed by atoms with Crippen LogP contribution in [0.25, 0.3) is 10.6 Å². The molecule has 0 unspecified atom stereocenters. The van der Waals surface area contributed by atoms with Gasteiger partial charge >= 0.3 is 5.97 Å². The van der Waals surface area contributed by atoms with E-state index in [-0.39, 0.29) is 0 Å². The van der Waals surface area contributed by atoms with E-state index < -0.39 is 22.9 Å². The lowest BCUT2D eigenvalue weighted by molar-refractivity contribution is -0.154. The number of nitrogens with one attached hydrogen (secondary N) is 1. The molecule has 4 rings (SSSR count). The topological polar surface area (TPSA) is 130 Å². The first-order valence-electron chi connectivity index (χ1n) is 10.6. The summed E-state index contributed by atoms with van der Waals surface area (Å²) in [5.41, 5.74) is 0.0348. The molecule has 1 aliphatic rings. The SMILES string of the molecule is COc1cc(Nc2cc(C)cc(-c3cnc([C@@]4(O)CC[C@H](C(=O)O)C(C)(C)C4)s3)n2)ncn1. The van der Waals surface area contributed by atoms with Gasteiger partial charge in [0.1, 0.15) is 28.6 Å². The van der Waals surface area contributed by atoms with E-state index in [0.717, 1.165) is 16.1 Å². The van der Waals surface area contributed by atoms with Gasteiger partial charge in [0.25, 0.3) is 0 Å². The normalized spacial score (nSPS) is 22.0. The zero-order valence-corrected chi connectivity index (χ0v) is 19.8. The first kappa shape index (κ1) is 23.1. The molecule has 9 nitrogen and oxygen atoms in total. The monoisotopic (exact) mass is 469 g/mol. The number of carbonyl (C=O) groups is 1. The molecular formula is C23H27N5O4S. The summed E-state index contributed by atoms with van der Waals surface area (Å²) in [5.74, 6) is 0.322. The Kier molecular flexibility index (Phi) is 6.06. The molecule has 3 N–H and O–H groups in total. The van der Waals surface area contributed by atoms with Crippen LogP contribution >= 0.6 is 11.3 Å². The highest BCUT2D eigenvalue weighted by Gasteiger charge is 2.49. The Bertz CT molecular complexity index is 1180. The van der Waals surface area contributed by atoms with E-state index in [9.17, 15) is 15.0 Å². The van der Waals surface area contributed by atoms with Crippen molar-refractivity contribution in [2.75, 3.05) is 12.4 Å². The van der Waals surface area contributed by atoms with E-state index in [1.165, 1.54) is 17.7 Å². The molecule has 0 radical (unpaired) electrons. The fourth-order valence-corrected chi connectivity index (χ4v) is 5.49. The van der Waals surface area contributed by atoms with Crippen LogP contribution in [0.3, 0.4) is 0 Å². The number of carboxylic acid groups (broad SMARTS) is 1. The van der Waals surface area contributed by atoms with Gasteiger partial charge in [0.15, 0.2) is 0 Å². The number of aliphatic hydroxyl groups is 1. The minimum Gasteiger partial charge on any atom is -0.481 e. The number of pyridine rings is 1. The lowest BCUT2D eigenvalue weighted by atomic mass is 9.63. The fourth-order valence-electron chi connectivity index (χ4n) is 4.50. The zero-order valence-electron chi connectivity index (χ0n) is 19.0. The first-order valence-corrected chi connectivity index (χ1v) is 11.4. The maximum absolute atomic E-state index is 11.6. The Balaban J connectivity index is 1.59. The van der Waals surface area contributed by atoms with Gasteiger partial charge in [-0.25, -0.2) is 19.9 Å². The summed E-state index contributed by atoms with van der Waals surface area (Å²) in [6.07, 6.45) is 4.24. The summed E-state index contributed by atoms with van der Waals surface area (Å²) in [4.78, 5) is 29.8. The van der Waals surface area contributed by atoms with Crippen LogP contribution in [0, 0.1) is 18.3 Å². The van der Waals surface area contributed by atoms with E-state index in [2.05, 4.69) is 20.3 Å². The number of ether oxygens (including phenoxy) is 1. The molecule has 0 spiro atoms. The highest BCUT2D eigenvalue weighted by Crippen LogP contribution is 2.50. The molecule has 3 aromatic rings.